The van der Waals surface area contributed by atoms with Gasteiger partial charge in [0.05, 0.1) is 23.3 Å². The van der Waals surface area contributed by atoms with Crippen LogP contribution in [0, 0.1) is 15.9 Å². The Balaban J connectivity index is 2.62. The highest BCUT2D eigenvalue weighted by Crippen LogP contribution is 2.32. The smallest absolute Gasteiger partial charge is 0.289 e. The Morgan fingerprint density at radius 3 is 2.48 bits per heavy atom. The maximum Gasteiger partial charge on any atom is 0.289 e. The molecule has 0 aliphatic rings. The van der Waals surface area contributed by atoms with Crippen LogP contribution in [0.1, 0.15) is 12.5 Å². The number of nitro benzene ring substituents is 1. The number of aromatic nitrogens is 1. The molecule has 1 unspecified atom stereocenters. The number of ether oxygens (including phenoxy) is 1. The SMILES string of the molecule is CC(COC(CF)(CF)C(N)=O)(NS(=O)(=O)c1ccccc1[N+](=O)[O-])c1cc(Br)ncc1F. The standard InChI is InChI=1S/C18H18BrF3N4O6S/c1-17(11-6-15(19)24-7-12(11)22,10-32-18(8-20,9-21)16(23)27)25-33(30,31)14-5-3-2-4-13(14)26(28)29/h2-7,25H,8-10H2,1H3,(H2,23,27). The molecule has 1 aromatic heterocycles. The maximum atomic E-state index is 14.7. The summed E-state index contributed by atoms with van der Waals surface area (Å²) in [4.78, 5) is 24.9. The highest BCUT2D eigenvalue weighted by molar-refractivity contribution is 9.10. The molecule has 0 spiro atoms. The zero-order valence-electron chi connectivity index (χ0n) is 16.9. The van der Waals surface area contributed by atoms with Crippen molar-refractivity contribution in [3.63, 3.8) is 0 Å². The summed E-state index contributed by atoms with van der Waals surface area (Å²) >= 11 is 3.01. The Kier molecular flexibility index (Phi) is 8.16. The van der Waals surface area contributed by atoms with E-state index < -0.39 is 73.9 Å². The fourth-order valence-electron chi connectivity index (χ4n) is 2.78. The zero-order chi connectivity index (χ0) is 25.0. The number of nitrogens with zero attached hydrogens (tertiary/aromatic N) is 2. The third kappa shape index (κ3) is 5.66. The second-order valence-corrected chi connectivity index (χ2v) is 9.53. The molecule has 0 fully saturated rings. The number of alkyl halides is 2. The van der Waals surface area contributed by atoms with Crippen LogP contribution < -0.4 is 10.5 Å². The summed E-state index contributed by atoms with van der Waals surface area (Å²) in [6.07, 6.45) is 0.739. The number of nitrogens with one attached hydrogen (secondary N) is 1. The molecule has 0 saturated carbocycles. The number of carbonyl (C=O) groups excluding carboxylic acids is 1. The number of carbonyl (C=O) groups is 1. The highest BCUT2D eigenvalue weighted by Gasteiger charge is 2.44. The third-order valence-electron chi connectivity index (χ3n) is 4.65. The van der Waals surface area contributed by atoms with Crippen molar-refractivity contribution in [3.05, 3.63) is 62.6 Å². The van der Waals surface area contributed by atoms with Gasteiger partial charge in [-0.3, -0.25) is 14.9 Å². The molecule has 1 heterocycles. The number of sulfonamides is 1. The summed E-state index contributed by atoms with van der Waals surface area (Å²) in [6, 6.07) is 5.41. The number of nitrogens with two attached hydrogens (primary N) is 1. The van der Waals surface area contributed by atoms with Crippen LogP contribution in [0.15, 0.2) is 46.0 Å². The van der Waals surface area contributed by atoms with Gasteiger partial charge in [-0.25, -0.2) is 26.6 Å². The number of para-hydroxylation sites is 1. The van der Waals surface area contributed by atoms with Gasteiger partial charge in [-0.05, 0) is 35.0 Å². The number of hydrogen-bond acceptors (Lipinski definition) is 7. The lowest BCUT2D eigenvalue weighted by atomic mass is 9.94. The third-order valence-corrected chi connectivity index (χ3v) is 6.72. The molecule has 180 valence electrons. The molecule has 1 atom stereocenters. The topological polar surface area (TPSA) is 155 Å². The number of primary amides is 1. The van der Waals surface area contributed by atoms with Crippen LogP contribution in [0.25, 0.3) is 0 Å². The first-order chi connectivity index (χ1) is 15.3. The number of benzene rings is 1. The molecule has 2 rings (SSSR count). The van der Waals surface area contributed by atoms with E-state index in [2.05, 4.69) is 25.6 Å². The molecule has 1 aromatic carbocycles. The average molecular weight is 555 g/mol. The molecule has 10 nitrogen and oxygen atoms in total. The van der Waals surface area contributed by atoms with E-state index in [1.165, 1.54) is 12.1 Å². The van der Waals surface area contributed by atoms with Crippen molar-refractivity contribution in [1.82, 2.24) is 9.71 Å². The summed E-state index contributed by atoms with van der Waals surface area (Å²) in [5.41, 5.74) is -1.03. The van der Waals surface area contributed by atoms with Gasteiger partial charge in [-0.2, -0.15) is 4.72 Å². The lowest BCUT2D eigenvalue weighted by Gasteiger charge is -2.35. The summed E-state index contributed by atoms with van der Waals surface area (Å²) in [6.45, 7) is -3.27. The van der Waals surface area contributed by atoms with Gasteiger partial charge < -0.3 is 10.5 Å². The van der Waals surface area contributed by atoms with Crippen LogP contribution in [-0.2, 0) is 25.1 Å². The minimum Gasteiger partial charge on any atom is -0.367 e. The number of rotatable bonds is 11. The summed E-state index contributed by atoms with van der Waals surface area (Å²) in [5, 5.41) is 11.3. The van der Waals surface area contributed by atoms with Crippen molar-refractivity contribution in [3.8, 4) is 0 Å². The fourth-order valence-corrected chi connectivity index (χ4v) is 4.66. The molecule has 0 radical (unpaired) electrons. The quantitative estimate of drug-likeness (QED) is 0.245. The Bertz CT molecular complexity index is 1170. The van der Waals surface area contributed by atoms with Gasteiger partial charge in [0, 0.05) is 11.6 Å². The van der Waals surface area contributed by atoms with Crippen LogP contribution in [0.3, 0.4) is 0 Å². The van der Waals surface area contributed by atoms with Gasteiger partial charge in [0.1, 0.15) is 23.8 Å². The van der Waals surface area contributed by atoms with Crippen molar-refractivity contribution in [1.29, 1.82) is 0 Å². The molecule has 33 heavy (non-hydrogen) atoms. The van der Waals surface area contributed by atoms with E-state index in [-0.39, 0.29) is 4.60 Å². The van der Waals surface area contributed by atoms with Gasteiger partial charge in [0.25, 0.3) is 11.6 Å². The van der Waals surface area contributed by atoms with E-state index >= 15 is 0 Å². The van der Waals surface area contributed by atoms with E-state index in [0.717, 1.165) is 31.3 Å². The second kappa shape index (κ2) is 10.1. The summed E-state index contributed by atoms with van der Waals surface area (Å²) in [5.74, 6) is -2.55. The Labute approximate surface area is 194 Å². The monoisotopic (exact) mass is 554 g/mol. The minimum atomic E-state index is -4.75. The molecule has 15 heteroatoms. The van der Waals surface area contributed by atoms with Gasteiger partial charge in [0.15, 0.2) is 4.90 Å². The number of halogens is 4. The molecule has 0 bridgehead atoms. The van der Waals surface area contributed by atoms with E-state index in [4.69, 9.17) is 10.5 Å². The van der Waals surface area contributed by atoms with E-state index in [1.54, 1.807) is 0 Å². The first-order valence-electron chi connectivity index (χ1n) is 8.96. The molecular formula is C18H18BrF3N4O6S. The Hall–Kier alpha value is -2.62. The molecule has 0 saturated heterocycles. The number of amides is 1. The minimum absolute atomic E-state index is 0.0622. The zero-order valence-corrected chi connectivity index (χ0v) is 19.3. The van der Waals surface area contributed by atoms with Gasteiger partial charge in [-0.15, -0.1) is 0 Å². The van der Waals surface area contributed by atoms with Gasteiger partial charge >= 0.3 is 0 Å². The fraction of sp³-hybridized carbons (Fsp3) is 0.333. The predicted octanol–water partition coefficient (Wildman–Crippen LogP) is 2.26. The number of pyridine rings is 1. The summed E-state index contributed by atoms with van der Waals surface area (Å²) < 4.78 is 75.0. The molecule has 1 amide bonds. The molecular weight excluding hydrogens is 537 g/mol. The lowest BCUT2D eigenvalue weighted by Crippen LogP contribution is -2.55. The van der Waals surface area contributed by atoms with Gasteiger partial charge in [0.2, 0.25) is 15.6 Å². The molecule has 3 N–H and O–H groups in total. The van der Waals surface area contributed by atoms with Crippen LogP contribution in [0.5, 0.6) is 0 Å². The van der Waals surface area contributed by atoms with E-state index in [0.29, 0.717) is 0 Å². The number of nitro groups is 1. The lowest BCUT2D eigenvalue weighted by molar-refractivity contribution is -0.387. The largest absolute Gasteiger partial charge is 0.367 e. The van der Waals surface area contributed by atoms with Crippen molar-refractivity contribution in [2.45, 2.75) is 23.0 Å². The molecule has 0 aliphatic heterocycles. The molecule has 2 aromatic rings. The van der Waals surface area contributed by atoms with Crippen LogP contribution >= 0.6 is 15.9 Å². The number of hydrogen-bond donors (Lipinski definition) is 2. The average Bonchev–Trinajstić information content (AvgIpc) is 2.76. The van der Waals surface area contributed by atoms with Crippen molar-refractivity contribution >= 4 is 37.5 Å². The van der Waals surface area contributed by atoms with Crippen molar-refractivity contribution < 1.29 is 36.0 Å². The van der Waals surface area contributed by atoms with Crippen LogP contribution in [0.2, 0.25) is 0 Å². The van der Waals surface area contributed by atoms with Crippen LogP contribution in [0.4, 0.5) is 18.9 Å². The van der Waals surface area contributed by atoms with Crippen molar-refractivity contribution in [2.75, 3.05) is 20.0 Å². The van der Waals surface area contributed by atoms with Gasteiger partial charge in [-0.1, -0.05) is 12.1 Å². The van der Waals surface area contributed by atoms with E-state index in [1.807, 2.05) is 0 Å². The summed E-state index contributed by atoms with van der Waals surface area (Å²) in [7, 11) is -4.75. The predicted molar refractivity (Wildman–Crippen MR) is 112 cm³/mol. The molecule has 0 aliphatic carbocycles. The van der Waals surface area contributed by atoms with Crippen molar-refractivity contribution in [2.24, 2.45) is 5.73 Å². The second-order valence-electron chi connectivity index (χ2n) is 7.06. The normalized spacial score (nSPS) is 14.0. The first-order valence-corrected chi connectivity index (χ1v) is 11.2. The van der Waals surface area contributed by atoms with E-state index in [9.17, 15) is 36.5 Å². The Morgan fingerprint density at radius 2 is 1.94 bits per heavy atom. The van der Waals surface area contributed by atoms with Crippen LogP contribution in [-0.4, -0.2) is 49.8 Å². The maximum absolute atomic E-state index is 14.7. The highest BCUT2D eigenvalue weighted by atomic mass is 79.9. The Morgan fingerprint density at radius 1 is 1.33 bits per heavy atom. The first kappa shape index (κ1) is 26.6.